The summed E-state index contributed by atoms with van der Waals surface area (Å²) >= 11 is 0. The third-order valence-electron chi connectivity index (χ3n) is 4.56. The van der Waals surface area contributed by atoms with E-state index in [1.165, 1.54) is 60.7 Å². The third kappa shape index (κ3) is 7.51. The van der Waals surface area contributed by atoms with Crippen LogP contribution in [0.25, 0.3) is 0 Å². The number of benzene rings is 3. The van der Waals surface area contributed by atoms with E-state index >= 15 is 0 Å². The minimum Gasteiger partial charge on any atom is -0.435 e. The average molecular weight is 476 g/mol. The predicted octanol–water partition coefficient (Wildman–Crippen LogP) is 4.75. The molecule has 0 aliphatic rings. The van der Waals surface area contributed by atoms with E-state index in [1.54, 1.807) is 12.1 Å². The third-order valence-corrected chi connectivity index (χ3v) is 4.56. The number of carbonyl (C=O) groups is 2. The molecule has 0 bridgehead atoms. The second-order valence-electron chi connectivity index (χ2n) is 6.99. The van der Waals surface area contributed by atoms with Crippen molar-refractivity contribution >= 4 is 11.8 Å². The Balaban J connectivity index is 1.52. The van der Waals surface area contributed by atoms with Gasteiger partial charge in [-0.3, -0.25) is 9.59 Å². The number of nitrogens with one attached hydrogen (secondary N) is 2. The quantitative estimate of drug-likeness (QED) is 0.414. The molecule has 2 N–H and O–H groups in total. The van der Waals surface area contributed by atoms with E-state index < -0.39 is 25.0 Å². The topological polar surface area (TPSA) is 76.7 Å². The molecule has 0 spiro atoms. The lowest BCUT2D eigenvalue weighted by molar-refractivity contribution is -0.0505. The summed E-state index contributed by atoms with van der Waals surface area (Å²) in [6.07, 6.45) is 0. The predicted molar refractivity (Wildman–Crippen MR) is 115 cm³/mol. The van der Waals surface area contributed by atoms with E-state index in [-0.39, 0.29) is 24.6 Å². The summed E-state index contributed by atoms with van der Waals surface area (Å²) in [6.45, 7) is -5.69. The van der Waals surface area contributed by atoms with E-state index in [4.69, 9.17) is 0 Å². The summed E-state index contributed by atoms with van der Waals surface area (Å²) in [4.78, 5) is 24.7. The molecule has 178 valence electrons. The monoisotopic (exact) mass is 476 g/mol. The molecule has 10 heteroatoms. The van der Waals surface area contributed by atoms with Crippen LogP contribution >= 0.6 is 0 Å². The fraction of sp³-hybridized carbons (Fsp3) is 0.167. The minimum atomic E-state index is -2.94. The SMILES string of the molecule is O=C(NCc1cccc(OC(F)F)c1)c1ccc(C(=O)NCc2cccc(OC(F)F)c2)cc1. The summed E-state index contributed by atoms with van der Waals surface area (Å²) in [7, 11) is 0. The van der Waals surface area contributed by atoms with E-state index in [1.807, 2.05) is 0 Å². The summed E-state index contributed by atoms with van der Waals surface area (Å²) < 4.78 is 57.9. The smallest absolute Gasteiger partial charge is 0.387 e. The first kappa shape index (κ1) is 24.6. The molecule has 6 nitrogen and oxygen atoms in total. The second kappa shape index (κ2) is 11.7. The Bertz CT molecular complexity index is 1040. The Hall–Kier alpha value is -4.08. The van der Waals surface area contributed by atoms with Crippen molar-refractivity contribution in [1.82, 2.24) is 10.6 Å². The van der Waals surface area contributed by atoms with Gasteiger partial charge in [0.25, 0.3) is 11.8 Å². The molecule has 0 aliphatic heterocycles. The van der Waals surface area contributed by atoms with Crippen LogP contribution in [-0.4, -0.2) is 25.0 Å². The van der Waals surface area contributed by atoms with Crippen LogP contribution in [0.1, 0.15) is 31.8 Å². The van der Waals surface area contributed by atoms with Crippen molar-refractivity contribution in [3.05, 3.63) is 95.1 Å². The van der Waals surface area contributed by atoms with Crippen LogP contribution in [0.3, 0.4) is 0 Å². The molecule has 0 saturated heterocycles. The number of alkyl halides is 4. The van der Waals surface area contributed by atoms with E-state index in [2.05, 4.69) is 20.1 Å². The molecule has 34 heavy (non-hydrogen) atoms. The van der Waals surface area contributed by atoms with E-state index in [0.29, 0.717) is 22.3 Å². The number of carbonyl (C=O) groups excluding carboxylic acids is 2. The standard InChI is InChI=1S/C24H20F4N2O4/c25-23(26)33-19-5-1-3-15(11-19)13-29-21(31)17-7-9-18(10-8-17)22(32)30-14-16-4-2-6-20(12-16)34-24(27)28/h1-12,23-24H,13-14H2,(H,29,31)(H,30,32). The zero-order valence-electron chi connectivity index (χ0n) is 17.6. The molecule has 2 amide bonds. The van der Waals surface area contributed by atoms with Crippen LogP contribution < -0.4 is 20.1 Å². The molecule has 0 saturated carbocycles. The van der Waals surface area contributed by atoms with Gasteiger partial charge < -0.3 is 20.1 Å². The molecular formula is C24H20F4N2O4. The van der Waals surface area contributed by atoms with Gasteiger partial charge in [-0.1, -0.05) is 24.3 Å². The molecule has 0 aliphatic carbocycles. The van der Waals surface area contributed by atoms with Gasteiger partial charge in [-0.15, -0.1) is 0 Å². The van der Waals surface area contributed by atoms with Gasteiger partial charge in [0.15, 0.2) is 0 Å². The number of rotatable bonds is 10. The fourth-order valence-corrected chi connectivity index (χ4v) is 3.01. The summed E-state index contributed by atoms with van der Waals surface area (Å²) in [5.74, 6) is -0.846. The largest absolute Gasteiger partial charge is 0.435 e. The maximum absolute atomic E-state index is 12.4. The van der Waals surface area contributed by atoms with E-state index in [9.17, 15) is 27.2 Å². The van der Waals surface area contributed by atoms with Crippen molar-refractivity contribution in [3.63, 3.8) is 0 Å². The highest BCUT2D eigenvalue weighted by Crippen LogP contribution is 2.17. The first-order valence-corrected chi connectivity index (χ1v) is 10.0. The number of amides is 2. The highest BCUT2D eigenvalue weighted by Gasteiger charge is 2.11. The Kier molecular flexibility index (Phi) is 8.44. The molecule has 0 aromatic heterocycles. The molecular weight excluding hydrogens is 456 g/mol. The molecule has 0 radical (unpaired) electrons. The molecule has 3 rings (SSSR count). The first-order valence-electron chi connectivity index (χ1n) is 10.0. The highest BCUT2D eigenvalue weighted by molar-refractivity contribution is 5.97. The average Bonchev–Trinajstić information content (AvgIpc) is 2.81. The van der Waals surface area contributed by atoms with Crippen molar-refractivity contribution in [2.24, 2.45) is 0 Å². The number of ether oxygens (including phenoxy) is 2. The van der Waals surface area contributed by atoms with Crippen LogP contribution in [0.2, 0.25) is 0 Å². The lowest BCUT2D eigenvalue weighted by Gasteiger charge is -2.10. The van der Waals surface area contributed by atoms with Crippen LogP contribution in [0.4, 0.5) is 17.6 Å². The van der Waals surface area contributed by atoms with Gasteiger partial charge >= 0.3 is 13.2 Å². The lowest BCUT2D eigenvalue weighted by Crippen LogP contribution is -2.24. The zero-order chi connectivity index (χ0) is 24.5. The lowest BCUT2D eigenvalue weighted by atomic mass is 10.1. The van der Waals surface area contributed by atoms with Gasteiger partial charge in [0.1, 0.15) is 11.5 Å². The van der Waals surface area contributed by atoms with Crippen molar-refractivity contribution in [3.8, 4) is 11.5 Å². The van der Waals surface area contributed by atoms with Gasteiger partial charge in [-0.25, -0.2) is 0 Å². The van der Waals surface area contributed by atoms with Crippen molar-refractivity contribution in [2.45, 2.75) is 26.3 Å². The summed E-state index contributed by atoms with van der Waals surface area (Å²) in [6, 6.07) is 17.8. The Labute approximate surface area is 192 Å². The second-order valence-corrected chi connectivity index (χ2v) is 6.99. The van der Waals surface area contributed by atoms with Crippen LogP contribution in [0.15, 0.2) is 72.8 Å². The van der Waals surface area contributed by atoms with Crippen molar-refractivity contribution in [2.75, 3.05) is 0 Å². The molecule has 0 unspecified atom stereocenters. The van der Waals surface area contributed by atoms with E-state index in [0.717, 1.165) is 0 Å². The first-order chi connectivity index (χ1) is 16.3. The Morgan fingerprint density at radius 1 is 0.647 bits per heavy atom. The molecule has 3 aromatic rings. The Morgan fingerprint density at radius 3 is 1.38 bits per heavy atom. The number of hydrogen-bond donors (Lipinski definition) is 2. The van der Waals surface area contributed by atoms with Gasteiger partial charge in [-0.05, 0) is 59.7 Å². The van der Waals surface area contributed by atoms with Gasteiger partial charge in [0.2, 0.25) is 0 Å². The zero-order valence-corrected chi connectivity index (χ0v) is 17.6. The molecule has 0 atom stereocenters. The van der Waals surface area contributed by atoms with Crippen molar-refractivity contribution in [1.29, 1.82) is 0 Å². The van der Waals surface area contributed by atoms with Gasteiger partial charge in [0, 0.05) is 24.2 Å². The minimum absolute atomic E-state index is 0.00890. The van der Waals surface area contributed by atoms with Gasteiger partial charge in [-0.2, -0.15) is 17.6 Å². The number of halogens is 4. The normalized spacial score (nSPS) is 10.8. The van der Waals surface area contributed by atoms with Crippen LogP contribution in [0, 0.1) is 0 Å². The fourth-order valence-electron chi connectivity index (χ4n) is 3.01. The molecule has 0 heterocycles. The number of hydrogen-bond acceptors (Lipinski definition) is 4. The Morgan fingerprint density at radius 2 is 1.03 bits per heavy atom. The highest BCUT2D eigenvalue weighted by atomic mass is 19.3. The summed E-state index contributed by atoms with van der Waals surface area (Å²) in [5.41, 5.74) is 1.75. The molecule has 3 aromatic carbocycles. The van der Waals surface area contributed by atoms with Gasteiger partial charge in [0.05, 0.1) is 0 Å². The maximum Gasteiger partial charge on any atom is 0.387 e. The molecule has 0 fully saturated rings. The van der Waals surface area contributed by atoms with Crippen LogP contribution in [0.5, 0.6) is 11.5 Å². The van der Waals surface area contributed by atoms with Crippen molar-refractivity contribution < 1.29 is 36.6 Å². The summed E-state index contributed by atoms with van der Waals surface area (Å²) in [5, 5.41) is 5.32. The van der Waals surface area contributed by atoms with Crippen LogP contribution in [-0.2, 0) is 13.1 Å². The maximum atomic E-state index is 12.4.